The van der Waals surface area contributed by atoms with Crippen LogP contribution in [0.15, 0.2) is 48.8 Å². The molecule has 2 aromatic carbocycles. The van der Waals surface area contributed by atoms with Crippen LogP contribution in [0, 0.1) is 12.7 Å². The summed E-state index contributed by atoms with van der Waals surface area (Å²) in [7, 11) is 0. The van der Waals surface area contributed by atoms with Gasteiger partial charge in [-0.05, 0) is 42.8 Å². The second-order valence-electron chi connectivity index (χ2n) is 6.86. The van der Waals surface area contributed by atoms with Crippen LogP contribution in [0.25, 0.3) is 21.3 Å². The van der Waals surface area contributed by atoms with E-state index in [2.05, 4.69) is 20.6 Å². The van der Waals surface area contributed by atoms with Crippen molar-refractivity contribution in [3.8, 4) is 11.1 Å². The number of anilines is 3. The fraction of sp³-hybridized carbons (Fsp3) is 0.0952. The van der Waals surface area contributed by atoms with Crippen LogP contribution in [-0.2, 0) is 6.18 Å². The molecule has 0 spiro atoms. The summed E-state index contributed by atoms with van der Waals surface area (Å²) in [6.07, 6.45) is -3.33. The van der Waals surface area contributed by atoms with E-state index in [1.807, 2.05) is 6.92 Å². The third kappa shape index (κ3) is 4.33. The largest absolute Gasteiger partial charge is 0.416 e. The minimum Gasteiger partial charge on any atom is -0.383 e. The first-order chi connectivity index (χ1) is 15.1. The highest BCUT2D eigenvalue weighted by atomic mass is 32.1. The van der Waals surface area contributed by atoms with Crippen molar-refractivity contribution >= 4 is 44.8 Å². The summed E-state index contributed by atoms with van der Waals surface area (Å²) < 4.78 is 52.0. The Kier molecular flexibility index (Phi) is 5.43. The van der Waals surface area contributed by atoms with Gasteiger partial charge >= 0.3 is 12.2 Å². The number of benzene rings is 2. The summed E-state index contributed by atoms with van der Waals surface area (Å²) in [5, 5.41) is 5.46. The summed E-state index contributed by atoms with van der Waals surface area (Å²) in [6, 6.07) is 7.79. The highest BCUT2D eigenvalue weighted by Crippen LogP contribution is 2.39. The number of halogens is 4. The van der Waals surface area contributed by atoms with E-state index in [0.717, 1.165) is 32.3 Å². The van der Waals surface area contributed by atoms with Crippen LogP contribution in [0.1, 0.15) is 10.4 Å². The molecular weight excluding hydrogens is 446 g/mol. The molecule has 0 unspecified atom stereocenters. The molecule has 2 aromatic heterocycles. The summed E-state index contributed by atoms with van der Waals surface area (Å²) >= 11 is 1.49. The predicted molar refractivity (Wildman–Crippen MR) is 116 cm³/mol. The minimum absolute atomic E-state index is 0.317. The molecule has 0 aliphatic carbocycles. The maximum Gasteiger partial charge on any atom is 0.416 e. The molecule has 2 heterocycles. The van der Waals surface area contributed by atoms with Crippen LogP contribution in [0.5, 0.6) is 0 Å². The molecule has 0 saturated heterocycles. The number of alkyl halides is 3. The third-order valence-corrected chi connectivity index (χ3v) is 5.62. The number of hydrogen-bond donors (Lipinski definition) is 3. The van der Waals surface area contributed by atoms with E-state index in [-0.39, 0.29) is 5.69 Å². The Hall–Kier alpha value is -3.73. The van der Waals surface area contributed by atoms with Crippen LogP contribution in [-0.4, -0.2) is 16.0 Å². The van der Waals surface area contributed by atoms with Gasteiger partial charge in [-0.3, -0.25) is 0 Å². The van der Waals surface area contributed by atoms with Crippen molar-refractivity contribution in [3.63, 3.8) is 0 Å². The Labute approximate surface area is 183 Å². The molecule has 0 saturated carbocycles. The summed E-state index contributed by atoms with van der Waals surface area (Å²) in [4.78, 5) is 22.2. The lowest BCUT2D eigenvalue weighted by molar-refractivity contribution is -0.137. The molecule has 4 N–H and O–H groups in total. The number of urea groups is 1. The predicted octanol–water partition coefficient (Wildman–Crippen LogP) is 6.05. The standard InChI is InChI=1S/C21H15F4N5OS/c1-10-16(17-18(26)27-9-28-19(17)32-10)11-2-4-14(5-3-11)29-20(31)30-15-7-12(21(23,24)25)6-13(22)8-15/h2-9H,1H3,(H2,26,27,28)(H2,29,30,31). The number of hydrogen-bond acceptors (Lipinski definition) is 5. The first-order valence-corrected chi connectivity index (χ1v) is 9.99. The minimum atomic E-state index is -4.73. The number of amides is 2. The summed E-state index contributed by atoms with van der Waals surface area (Å²) in [5.41, 5.74) is 6.62. The van der Waals surface area contributed by atoms with Crippen molar-refractivity contribution in [2.75, 3.05) is 16.4 Å². The molecule has 164 valence electrons. The first-order valence-electron chi connectivity index (χ1n) is 9.17. The number of fused-ring (bicyclic) bond motifs is 1. The number of nitrogens with one attached hydrogen (secondary N) is 2. The van der Waals surface area contributed by atoms with E-state index in [1.165, 1.54) is 17.7 Å². The molecular formula is C21H15F4N5OS. The molecule has 0 aliphatic rings. The lowest BCUT2D eigenvalue weighted by Crippen LogP contribution is -2.20. The number of rotatable bonds is 3. The third-order valence-electron chi connectivity index (χ3n) is 4.61. The quantitative estimate of drug-likeness (QED) is 0.324. The van der Waals surface area contributed by atoms with Crippen molar-refractivity contribution in [2.45, 2.75) is 13.1 Å². The molecule has 0 bridgehead atoms. The van der Waals surface area contributed by atoms with E-state index in [0.29, 0.717) is 23.6 Å². The maximum absolute atomic E-state index is 13.5. The highest BCUT2D eigenvalue weighted by molar-refractivity contribution is 7.19. The molecule has 32 heavy (non-hydrogen) atoms. The first kappa shape index (κ1) is 21.5. The Balaban J connectivity index is 1.52. The second-order valence-corrected chi connectivity index (χ2v) is 8.06. The van der Waals surface area contributed by atoms with E-state index >= 15 is 0 Å². The summed E-state index contributed by atoms with van der Waals surface area (Å²) in [6.45, 7) is 1.94. The number of carbonyl (C=O) groups excluding carboxylic acids is 1. The van der Waals surface area contributed by atoms with Gasteiger partial charge in [0.1, 0.15) is 22.8 Å². The van der Waals surface area contributed by atoms with Gasteiger partial charge < -0.3 is 16.4 Å². The molecule has 4 aromatic rings. The van der Waals surface area contributed by atoms with Gasteiger partial charge in [-0.2, -0.15) is 13.2 Å². The second kappa shape index (κ2) is 8.08. The number of thiophene rings is 1. The lowest BCUT2D eigenvalue weighted by atomic mass is 10.0. The normalized spacial score (nSPS) is 11.5. The smallest absolute Gasteiger partial charge is 0.383 e. The lowest BCUT2D eigenvalue weighted by Gasteiger charge is -2.12. The van der Waals surface area contributed by atoms with Crippen LogP contribution in [0.3, 0.4) is 0 Å². The number of nitrogens with zero attached hydrogens (tertiary/aromatic N) is 2. The Morgan fingerprint density at radius 2 is 1.72 bits per heavy atom. The van der Waals surface area contributed by atoms with Crippen LogP contribution >= 0.6 is 11.3 Å². The average Bonchev–Trinajstić information content (AvgIpc) is 3.04. The summed E-state index contributed by atoms with van der Waals surface area (Å²) in [5.74, 6) is -0.745. The Morgan fingerprint density at radius 3 is 2.41 bits per heavy atom. The highest BCUT2D eigenvalue weighted by Gasteiger charge is 2.31. The SMILES string of the molecule is Cc1sc2ncnc(N)c2c1-c1ccc(NC(=O)Nc2cc(F)cc(C(F)(F)F)c2)cc1. The van der Waals surface area contributed by atoms with Crippen molar-refractivity contribution in [1.82, 2.24) is 9.97 Å². The Morgan fingerprint density at radius 1 is 1.03 bits per heavy atom. The number of carbonyl (C=O) groups is 1. The zero-order chi connectivity index (χ0) is 23.0. The molecule has 6 nitrogen and oxygen atoms in total. The molecule has 0 aliphatic heterocycles. The topological polar surface area (TPSA) is 92.9 Å². The monoisotopic (exact) mass is 461 g/mol. The number of aromatic nitrogens is 2. The van der Waals surface area contributed by atoms with E-state index in [1.54, 1.807) is 24.3 Å². The van der Waals surface area contributed by atoms with Gasteiger partial charge in [-0.15, -0.1) is 11.3 Å². The van der Waals surface area contributed by atoms with Crippen molar-refractivity contribution in [3.05, 3.63) is 65.0 Å². The van der Waals surface area contributed by atoms with Crippen molar-refractivity contribution in [1.29, 1.82) is 0 Å². The number of nitrogens with two attached hydrogens (primary N) is 1. The van der Waals surface area contributed by atoms with Gasteiger partial charge in [-0.1, -0.05) is 12.1 Å². The maximum atomic E-state index is 13.5. The number of nitrogen functional groups attached to an aromatic ring is 1. The molecule has 0 radical (unpaired) electrons. The number of aryl methyl sites for hydroxylation is 1. The molecule has 4 rings (SSSR count). The van der Waals surface area contributed by atoms with Crippen molar-refractivity contribution in [2.24, 2.45) is 0 Å². The van der Waals surface area contributed by atoms with Gasteiger partial charge in [-0.25, -0.2) is 19.2 Å². The van der Waals surface area contributed by atoms with Gasteiger partial charge in [0.2, 0.25) is 0 Å². The van der Waals surface area contributed by atoms with Crippen LogP contribution in [0.4, 0.5) is 39.5 Å². The fourth-order valence-electron chi connectivity index (χ4n) is 3.25. The zero-order valence-electron chi connectivity index (χ0n) is 16.4. The van der Waals surface area contributed by atoms with Gasteiger partial charge in [0.25, 0.3) is 0 Å². The van der Waals surface area contributed by atoms with E-state index < -0.39 is 23.6 Å². The molecule has 0 fully saturated rings. The zero-order valence-corrected chi connectivity index (χ0v) is 17.2. The molecule has 11 heteroatoms. The van der Waals surface area contributed by atoms with Crippen LogP contribution in [0.2, 0.25) is 0 Å². The van der Waals surface area contributed by atoms with Gasteiger partial charge in [0, 0.05) is 21.8 Å². The van der Waals surface area contributed by atoms with E-state index in [9.17, 15) is 22.4 Å². The van der Waals surface area contributed by atoms with E-state index in [4.69, 9.17) is 5.73 Å². The van der Waals surface area contributed by atoms with Gasteiger partial charge in [0.15, 0.2) is 0 Å². The van der Waals surface area contributed by atoms with Crippen molar-refractivity contribution < 1.29 is 22.4 Å². The average molecular weight is 461 g/mol. The Bertz CT molecular complexity index is 1320. The molecule has 2 amide bonds. The van der Waals surface area contributed by atoms with Crippen LogP contribution < -0.4 is 16.4 Å². The fourth-order valence-corrected chi connectivity index (χ4v) is 4.27. The molecule has 0 atom stereocenters. The van der Waals surface area contributed by atoms with Gasteiger partial charge in [0.05, 0.1) is 10.9 Å².